The van der Waals surface area contributed by atoms with E-state index >= 15 is 0 Å². The Morgan fingerprint density at radius 2 is 2.07 bits per heavy atom. The lowest BCUT2D eigenvalue weighted by Gasteiger charge is -2.10. The lowest BCUT2D eigenvalue weighted by molar-refractivity contribution is -0.117. The molecule has 1 saturated heterocycles. The first kappa shape index (κ1) is 19.6. The normalized spacial score (nSPS) is 16.4. The molecule has 28 heavy (non-hydrogen) atoms. The Bertz CT molecular complexity index is 881. The van der Waals surface area contributed by atoms with Crippen LogP contribution in [-0.2, 0) is 16.1 Å². The van der Waals surface area contributed by atoms with Crippen molar-refractivity contribution in [2.24, 2.45) is 0 Å². The van der Waals surface area contributed by atoms with Gasteiger partial charge < -0.3 is 14.8 Å². The number of carbonyl (C=O) groups excluding carboxylic acids is 1. The van der Waals surface area contributed by atoms with Crippen LogP contribution in [0.25, 0.3) is 6.08 Å². The van der Waals surface area contributed by atoms with Crippen molar-refractivity contribution in [1.82, 2.24) is 5.32 Å². The summed E-state index contributed by atoms with van der Waals surface area (Å²) in [6, 6.07) is 15.3. The predicted octanol–water partition coefficient (Wildman–Crippen LogP) is 3.61. The number of nitrogens with zero attached hydrogens (tertiary/aromatic N) is 1. The maximum absolute atomic E-state index is 13.6. The smallest absolute Gasteiger partial charge is 0.262 e. The van der Waals surface area contributed by atoms with Crippen molar-refractivity contribution in [3.8, 4) is 11.8 Å². The number of hydrogen-bond donors (Lipinski definition) is 1. The first-order valence-corrected chi connectivity index (χ1v) is 9.13. The van der Waals surface area contributed by atoms with E-state index in [2.05, 4.69) is 5.32 Å². The summed E-state index contributed by atoms with van der Waals surface area (Å²) >= 11 is 0. The Hall–Kier alpha value is -3.17. The SMILES string of the molecule is N#C/C(=C\c1ccc(OCc2ccccc2F)cc1)C(=O)NC[C@H]1CCCO1. The van der Waals surface area contributed by atoms with E-state index in [0.29, 0.717) is 30.0 Å². The largest absolute Gasteiger partial charge is 0.489 e. The summed E-state index contributed by atoms with van der Waals surface area (Å²) in [5.74, 6) is -0.158. The van der Waals surface area contributed by atoms with E-state index in [1.165, 1.54) is 12.1 Å². The van der Waals surface area contributed by atoms with E-state index in [4.69, 9.17) is 9.47 Å². The van der Waals surface area contributed by atoms with Crippen molar-refractivity contribution in [2.45, 2.75) is 25.6 Å². The maximum Gasteiger partial charge on any atom is 0.262 e. The standard InChI is InChI=1S/C22H21FN2O3/c23-21-6-2-1-4-17(21)15-28-19-9-7-16(8-10-19)12-18(13-24)22(26)25-14-20-5-3-11-27-20/h1-2,4,6-10,12,20H,3,5,11,14-15H2,(H,25,26)/b18-12+/t20-/m1/s1. The van der Waals surface area contributed by atoms with E-state index in [-0.39, 0.29) is 24.1 Å². The molecule has 1 heterocycles. The number of nitrogens with one attached hydrogen (secondary N) is 1. The Balaban J connectivity index is 1.57. The number of halogens is 1. The number of hydrogen-bond acceptors (Lipinski definition) is 4. The molecule has 0 aliphatic carbocycles. The lowest BCUT2D eigenvalue weighted by atomic mass is 10.1. The topological polar surface area (TPSA) is 71.3 Å². The van der Waals surface area contributed by atoms with Gasteiger partial charge in [-0.2, -0.15) is 5.26 Å². The van der Waals surface area contributed by atoms with Crippen LogP contribution in [0.15, 0.2) is 54.1 Å². The fourth-order valence-electron chi connectivity index (χ4n) is 2.86. The van der Waals surface area contributed by atoms with Crippen LogP contribution in [0.1, 0.15) is 24.0 Å². The fourth-order valence-corrected chi connectivity index (χ4v) is 2.86. The number of amides is 1. The molecule has 1 atom stereocenters. The molecule has 0 unspecified atom stereocenters. The first-order valence-electron chi connectivity index (χ1n) is 9.13. The highest BCUT2D eigenvalue weighted by molar-refractivity contribution is 6.01. The molecule has 0 spiro atoms. The Morgan fingerprint density at radius 1 is 1.29 bits per heavy atom. The first-order chi connectivity index (χ1) is 13.7. The molecule has 2 aromatic carbocycles. The molecule has 0 saturated carbocycles. The van der Waals surface area contributed by atoms with Gasteiger partial charge in [-0.05, 0) is 42.7 Å². The zero-order chi connectivity index (χ0) is 19.8. The summed E-state index contributed by atoms with van der Waals surface area (Å²) in [6.07, 6.45) is 3.45. The zero-order valence-corrected chi connectivity index (χ0v) is 15.4. The fraction of sp³-hybridized carbons (Fsp3) is 0.273. The molecule has 1 aliphatic heterocycles. The van der Waals surface area contributed by atoms with Crippen molar-refractivity contribution in [2.75, 3.05) is 13.2 Å². The van der Waals surface area contributed by atoms with Crippen LogP contribution >= 0.6 is 0 Å². The summed E-state index contributed by atoms with van der Waals surface area (Å²) in [4.78, 5) is 12.2. The van der Waals surface area contributed by atoms with Crippen LogP contribution in [0.5, 0.6) is 5.75 Å². The highest BCUT2D eigenvalue weighted by Gasteiger charge is 2.17. The number of benzene rings is 2. The van der Waals surface area contributed by atoms with Crippen molar-refractivity contribution in [1.29, 1.82) is 5.26 Å². The average Bonchev–Trinajstić information content (AvgIpc) is 3.24. The molecule has 0 bridgehead atoms. The van der Waals surface area contributed by atoms with E-state index in [0.717, 1.165) is 12.8 Å². The van der Waals surface area contributed by atoms with Gasteiger partial charge >= 0.3 is 0 Å². The van der Waals surface area contributed by atoms with Crippen molar-refractivity contribution < 1.29 is 18.7 Å². The summed E-state index contributed by atoms with van der Waals surface area (Å²) < 4.78 is 24.7. The minimum atomic E-state index is -0.419. The van der Waals surface area contributed by atoms with Crippen LogP contribution in [0, 0.1) is 17.1 Å². The molecule has 0 radical (unpaired) electrons. The number of nitriles is 1. The van der Waals surface area contributed by atoms with Gasteiger partial charge in [0.25, 0.3) is 5.91 Å². The molecule has 144 valence electrons. The molecule has 1 N–H and O–H groups in total. The second-order valence-corrected chi connectivity index (χ2v) is 6.46. The maximum atomic E-state index is 13.6. The average molecular weight is 380 g/mol. The summed E-state index contributed by atoms with van der Waals surface area (Å²) in [5, 5.41) is 12.0. The molecular formula is C22H21FN2O3. The van der Waals surface area contributed by atoms with E-state index in [1.54, 1.807) is 42.5 Å². The van der Waals surface area contributed by atoms with Crippen LogP contribution in [0.3, 0.4) is 0 Å². The third-order valence-electron chi connectivity index (χ3n) is 4.42. The Kier molecular flexibility index (Phi) is 6.77. The van der Waals surface area contributed by atoms with Gasteiger partial charge in [-0.1, -0.05) is 30.3 Å². The van der Waals surface area contributed by atoms with E-state index < -0.39 is 5.91 Å². The Morgan fingerprint density at radius 3 is 2.75 bits per heavy atom. The summed E-state index contributed by atoms with van der Waals surface area (Å²) in [5.41, 5.74) is 1.20. The van der Waals surface area contributed by atoms with Crippen LogP contribution < -0.4 is 10.1 Å². The molecule has 1 fully saturated rings. The highest BCUT2D eigenvalue weighted by atomic mass is 19.1. The second-order valence-electron chi connectivity index (χ2n) is 6.46. The van der Waals surface area contributed by atoms with Gasteiger partial charge in [0.05, 0.1) is 6.10 Å². The van der Waals surface area contributed by atoms with Gasteiger partial charge in [0.1, 0.15) is 29.8 Å². The third-order valence-corrected chi connectivity index (χ3v) is 4.42. The summed E-state index contributed by atoms with van der Waals surface area (Å²) in [7, 11) is 0. The highest BCUT2D eigenvalue weighted by Crippen LogP contribution is 2.17. The molecular weight excluding hydrogens is 359 g/mol. The molecule has 3 rings (SSSR count). The monoisotopic (exact) mass is 380 g/mol. The molecule has 0 aromatic heterocycles. The second kappa shape index (κ2) is 9.67. The third kappa shape index (κ3) is 5.41. The van der Waals surface area contributed by atoms with Gasteiger partial charge in [0.15, 0.2) is 0 Å². The van der Waals surface area contributed by atoms with E-state index in [9.17, 15) is 14.4 Å². The van der Waals surface area contributed by atoms with Gasteiger partial charge in [0.2, 0.25) is 0 Å². The number of ether oxygens (including phenoxy) is 2. The van der Waals surface area contributed by atoms with Gasteiger partial charge in [0, 0.05) is 18.7 Å². The minimum Gasteiger partial charge on any atom is -0.489 e. The number of rotatable bonds is 7. The molecule has 1 aliphatic rings. The Labute approximate surface area is 163 Å². The molecule has 2 aromatic rings. The predicted molar refractivity (Wildman–Crippen MR) is 103 cm³/mol. The lowest BCUT2D eigenvalue weighted by Crippen LogP contribution is -2.32. The summed E-state index contributed by atoms with van der Waals surface area (Å²) in [6.45, 7) is 1.24. The van der Waals surface area contributed by atoms with Crippen molar-refractivity contribution in [3.63, 3.8) is 0 Å². The molecule has 6 heteroatoms. The van der Waals surface area contributed by atoms with Gasteiger partial charge in [-0.3, -0.25) is 4.79 Å². The van der Waals surface area contributed by atoms with Gasteiger partial charge in [-0.15, -0.1) is 0 Å². The van der Waals surface area contributed by atoms with Crippen LogP contribution in [-0.4, -0.2) is 25.2 Å². The van der Waals surface area contributed by atoms with Crippen molar-refractivity contribution in [3.05, 3.63) is 71.0 Å². The van der Waals surface area contributed by atoms with E-state index in [1.807, 2.05) is 6.07 Å². The molecule has 5 nitrogen and oxygen atoms in total. The van der Waals surface area contributed by atoms with Crippen molar-refractivity contribution >= 4 is 12.0 Å². The van der Waals surface area contributed by atoms with Crippen LogP contribution in [0.4, 0.5) is 4.39 Å². The minimum absolute atomic E-state index is 0.0229. The van der Waals surface area contributed by atoms with Crippen LogP contribution in [0.2, 0.25) is 0 Å². The molecule has 1 amide bonds. The quantitative estimate of drug-likeness (QED) is 0.588. The number of carbonyl (C=O) groups is 1. The van der Waals surface area contributed by atoms with Gasteiger partial charge in [-0.25, -0.2) is 4.39 Å². The zero-order valence-electron chi connectivity index (χ0n) is 15.4.